The number of hydrogen-bond acceptors (Lipinski definition) is 3. The van der Waals surface area contributed by atoms with Crippen LogP contribution in [-0.2, 0) is 24.1 Å². The maximum Gasteiger partial charge on any atom is 0.221 e. The summed E-state index contributed by atoms with van der Waals surface area (Å²) in [6.07, 6.45) is 3.05. The number of benzene rings is 2. The smallest absolute Gasteiger partial charge is 0.221 e. The molecule has 0 bridgehead atoms. The van der Waals surface area contributed by atoms with Crippen molar-refractivity contribution >= 4 is 11.6 Å². The Kier molecular flexibility index (Phi) is 4.82. The maximum atomic E-state index is 14.4. The molecule has 0 heterocycles. The molecule has 3 rings (SSSR count). The molecular formula is C20H20FN3O. The molecule has 128 valence electrons. The van der Waals surface area contributed by atoms with Crippen molar-refractivity contribution in [3.8, 4) is 17.2 Å². The number of hydrogen-bond donors (Lipinski definition) is 2. The molecule has 0 radical (unpaired) electrons. The van der Waals surface area contributed by atoms with Crippen molar-refractivity contribution in [3.63, 3.8) is 0 Å². The number of nitrogens with zero attached hydrogens (tertiary/aromatic N) is 1. The second kappa shape index (κ2) is 7.04. The highest BCUT2D eigenvalue weighted by molar-refractivity contribution is 5.91. The van der Waals surface area contributed by atoms with Gasteiger partial charge in [-0.15, -0.1) is 0 Å². The molecule has 1 aliphatic carbocycles. The zero-order valence-corrected chi connectivity index (χ0v) is 14.1. The van der Waals surface area contributed by atoms with Gasteiger partial charge in [0.05, 0.1) is 12.1 Å². The fraction of sp³-hybridized carbons (Fsp3) is 0.300. The normalized spacial score (nSPS) is 13.8. The average molecular weight is 337 g/mol. The molecule has 0 saturated carbocycles. The number of fused-ring (bicyclic) bond motifs is 1. The molecule has 0 saturated heterocycles. The van der Waals surface area contributed by atoms with Crippen LogP contribution in [0.15, 0.2) is 30.3 Å². The van der Waals surface area contributed by atoms with Crippen molar-refractivity contribution in [1.82, 2.24) is 0 Å². The molecule has 0 aliphatic heterocycles. The molecule has 0 unspecified atom stereocenters. The zero-order valence-electron chi connectivity index (χ0n) is 14.1. The summed E-state index contributed by atoms with van der Waals surface area (Å²) in [6.45, 7) is 1.50. The minimum atomic E-state index is -0.707. The van der Waals surface area contributed by atoms with E-state index in [-0.39, 0.29) is 18.1 Å². The third-order valence-corrected chi connectivity index (χ3v) is 4.57. The minimum absolute atomic E-state index is 0.0916. The number of rotatable bonds is 4. The molecule has 0 fully saturated rings. The third-order valence-electron chi connectivity index (χ3n) is 4.57. The highest BCUT2D eigenvalue weighted by Crippen LogP contribution is 2.37. The van der Waals surface area contributed by atoms with Gasteiger partial charge in [0, 0.05) is 19.0 Å². The standard InChI is InChI=1S/C20H20FN3O/c1-12(25)24-20-8-7-16(17-3-2-4-18(17)20)13-5-6-14(19(21)10-13)9-15(23)11-22/h5-8,10,15H,2-4,9,23H2,1H3,(H,24,25)/t15-/m0/s1. The van der Waals surface area contributed by atoms with Crippen LogP contribution in [0.25, 0.3) is 11.1 Å². The highest BCUT2D eigenvalue weighted by Gasteiger charge is 2.20. The minimum Gasteiger partial charge on any atom is -0.326 e. The van der Waals surface area contributed by atoms with Gasteiger partial charge in [0.25, 0.3) is 0 Å². The number of halogens is 1. The lowest BCUT2D eigenvalue weighted by molar-refractivity contribution is -0.114. The van der Waals surface area contributed by atoms with Crippen LogP contribution in [0.3, 0.4) is 0 Å². The monoisotopic (exact) mass is 337 g/mol. The SMILES string of the molecule is CC(=O)Nc1ccc(-c2ccc(C[C@H](N)C#N)c(F)c2)c2c1CCC2. The molecule has 5 heteroatoms. The van der Waals surface area contributed by atoms with Crippen molar-refractivity contribution < 1.29 is 9.18 Å². The molecule has 3 N–H and O–H groups in total. The Morgan fingerprint density at radius 2 is 2.08 bits per heavy atom. The van der Waals surface area contributed by atoms with Crippen molar-refractivity contribution in [2.75, 3.05) is 5.32 Å². The summed E-state index contributed by atoms with van der Waals surface area (Å²) in [6, 6.07) is 10.1. The van der Waals surface area contributed by atoms with E-state index in [9.17, 15) is 9.18 Å². The first kappa shape index (κ1) is 17.1. The highest BCUT2D eigenvalue weighted by atomic mass is 19.1. The molecule has 2 aromatic carbocycles. The Bertz CT molecular complexity index is 870. The quantitative estimate of drug-likeness (QED) is 0.898. The van der Waals surface area contributed by atoms with Crippen LogP contribution < -0.4 is 11.1 Å². The van der Waals surface area contributed by atoms with Gasteiger partial charge in [0.1, 0.15) is 5.82 Å². The molecule has 1 aliphatic rings. The summed E-state index contributed by atoms with van der Waals surface area (Å²) in [7, 11) is 0. The summed E-state index contributed by atoms with van der Waals surface area (Å²) in [5, 5.41) is 11.7. The van der Waals surface area contributed by atoms with Crippen LogP contribution >= 0.6 is 0 Å². The average Bonchev–Trinajstić information content (AvgIpc) is 3.06. The van der Waals surface area contributed by atoms with E-state index in [0.717, 1.165) is 41.6 Å². The molecular weight excluding hydrogens is 317 g/mol. The van der Waals surface area contributed by atoms with E-state index in [0.29, 0.717) is 5.56 Å². The van der Waals surface area contributed by atoms with E-state index in [1.807, 2.05) is 24.3 Å². The van der Waals surface area contributed by atoms with E-state index in [4.69, 9.17) is 11.0 Å². The summed E-state index contributed by atoms with van der Waals surface area (Å²) < 4.78 is 14.4. The summed E-state index contributed by atoms with van der Waals surface area (Å²) in [5.74, 6) is -0.438. The fourth-order valence-electron chi connectivity index (χ4n) is 3.45. The summed E-state index contributed by atoms with van der Waals surface area (Å²) >= 11 is 0. The van der Waals surface area contributed by atoms with Gasteiger partial charge in [-0.1, -0.05) is 18.2 Å². The number of nitrogens with two attached hydrogens (primary N) is 1. The molecule has 0 spiro atoms. The van der Waals surface area contributed by atoms with Crippen LogP contribution in [0.1, 0.15) is 30.0 Å². The van der Waals surface area contributed by atoms with Crippen molar-refractivity contribution in [1.29, 1.82) is 5.26 Å². The molecule has 4 nitrogen and oxygen atoms in total. The predicted molar refractivity (Wildman–Crippen MR) is 95.5 cm³/mol. The number of carbonyl (C=O) groups is 1. The van der Waals surface area contributed by atoms with Crippen LogP contribution in [-0.4, -0.2) is 11.9 Å². The van der Waals surface area contributed by atoms with E-state index in [1.165, 1.54) is 18.6 Å². The topological polar surface area (TPSA) is 78.9 Å². The van der Waals surface area contributed by atoms with Gasteiger partial charge in [-0.3, -0.25) is 4.79 Å². The van der Waals surface area contributed by atoms with Crippen LogP contribution in [0.4, 0.5) is 10.1 Å². The van der Waals surface area contributed by atoms with Gasteiger partial charge in [-0.25, -0.2) is 4.39 Å². The van der Waals surface area contributed by atoms with Gasteiger partial charge in [-0.05, 0) is 59.2 Å². The van der Waals surface area contributed by atoms with Gasteiger partial charge in [0.15, 0.2) is 0 Å². The van der Waals surface area contributed by atoms with E-state index >= 15 is 0 Å². The second-order valence-electron chi connectivity index (χ2n) is 6.40. The Morgan fingerprint density at radius 1 is 1.32 bits per heavy atom. The van der Waals surface area contributed by atoms with Crippen LogP contribution in [0.2, 0.25) is 0 Å². The van der Waals surface area contributed by atoms with Crippen molar-refractivity contribution in [2.24, 2.45) is 5.73 Å². The van der Waals surface area contributed by atoms with E-state index in [1.54, 1.807) is 6.07 Å². The number of carbonyl (C=O) groups excluding carboxylic acids is 1. The van der Waals surface area contributed by atoms with E-state index in [2.05, 4.69) is 5.32 Å². The molecule has 25 heavy (non-hydrogen) atoms. The summed E-state index contributed by atoms with van der Waals surface area (Å²) in [4.78, 5) is 11.4. The number of anilines is 1. The number of amides is 1. The zero-order chi connectivity index (χ0) is 18.0. The predicted octanol–water partition coefficient (Wildman–Crippen LogP) is 3.33. The molecule has 0 aromatic heterocycles. The summed E-state index contributed by atoms with van der Waals surface area (Å²) in [5.41, 5.74) is 11.0. The van der Waals surface area contributed by atoms with Crippen LogP contribution in [0.5, 0.6) is 0 Å². The van der Waals surface area contributed by atoms with Gasteiger partial charge in [0.2, 0.25) is 5.91 Å². The molecule has 2 aromatic rings. The van der Waals surface area contributed by atoms with Gasteiger partial charge < -0.3 is 11.1 Å². The molecule has 1 atom stereocenters. The number of nitriles is 1. The van der Waals surface area contributed by atoms with E-state index < -0.39 is 6.04 Å². The maximum absolute atomic E-state index is 14.4. The first-order valence-corrected chi connectivity index (χ1v) is 8.36. The van der Waals surface area contributed by atoms with Crippen LogP contribution in [0, 0.1) is 17.1 Å². The lowest BCUT2D eigenvalue weighted by Crippen LogP contribution is -2.20. The van der Waals surface area contributed by atoms with Gasteiger partial charge in [-0.2, -0.15) is 5.26 Å². The van der Waals surface area contributed by atoms with Crippen molar-refractivity contribution in [2.45, 2.75) is 38.6 Å². The largest absolute Gasteiger partial charge is 0.326 e. The molecule has 1 amide bonds. The van der Waals surface area contributed by atoms with Crippen molar-refractivity contribution in [3.05, 3.63) is 52.8 Å². The number of nitrogens with one attached hydrogen (secondary N) is 1. The first-order chi connectivity index (χ1) is 12.0. The first-order valence-electron chi connectivity index (χ1n) is 8.36. The second-order valence-corrected chi connectivity index (χ2v) is 6.40. The fourth-order valence-corrected chi connectivity index (χ4v) is 3.45. The Labute approximate surface area is 146 Å². The Morgan fingerprint density at radius 3 is 2.76 bits per heavy atom. The Balaban J connectivity index is 1.98. The lowest BCUT2D eigenvalue weighted by Gasteiger charge is -2.14. The van der Waals surface area contributed by atoms with Gasteiger partial charge >= 0.3 is 0 Å². The lowest BCUT2D eigenvalue weighted by atomic mass is 9.94. The third kappa shape index (κ3) is 3.54. The Hall–Kier alpha value is -2.71.